The fraction of sp³-hybridized carbons (Fsp3) is 1.00. The molecule has 0 aromatic rings. The molecule has 0 saturated carbocycles. The maximum absolute atomic E-state index is 8.39. The van der Waals surface area contributed by atoms with E-state index in [1.807, 2.05) is 0 Å². The zero-order valence-electron chi connectivity index (χ0n) is 7.15. The van der Waals surface area contributed by atoms with E-state index in [0.717, 1.165) is 11.0 Å². The number of likely N-dealkylation sites (N-methyl/N-ethyl adjacent to an activating group) is 1. The first kappa shape index (κ1) is 18.2. The predicted octanol–water partition coefficient (Wildman–Crippen LogP) is -1.93. The van der Waals surface area contributed by atoms with E-state index in [1.54, 1.807) is 0 Å². The number of hydrogen-bond donors (Lipinski definition) is 1. The van der Waals surface area contributed by atoms with E-state index in [-0.39, 0.29) is 19.0 Å². The molecular formula is C5H14Cl3NOZn. The summed E-state index contributed by atoms with van der Waals surface area (Å²) in [4.78, 5) is 0. The second-order valence-electron chi connectivity index (χ2n) is 2.84. The molecule has 0 saturated heterocycles. The molecule has 0 aliphatic rings. The standard InChI is InChI=1S/C5H14NO.3ClH.Zn/c1-6(2,3)4-5-7;;;;/h7H,4-5H2,1-3H3;3*1H;/q+1;;;;+2/p-3. The molecule has 0 amide bonds. The third kappa shape index (κ3) is 34.5. The number of aliphatic hydroxyl groups excluding tert-OH is 1. The molecule has 68 valence electrons. The van der Waals surface area contributed by atoms with E-state index in [1.165, 1.54) is 0 Å². The number of halogens is 3. The van der Waals surface area contributed by atoms with Gasteiger partial charge in [0.15, 0.2) is 0 Å². The van der Waals surface area contributed by atoms with Crippen LogP contribution in [0.25, 0.3) is 0 Å². The van der Waals surface area contributed by atoms with Gasteiger partial charge in [0, 0.05) is 0 Å². The zero-order valence-corrected chi connectivity index (χ0v) is 12.4. The van der Waals surface area contributed by atoms with Crippen LogP contribution in [0.15, 0.2) is 0 Å². The fourth-order valence-corrected chi connectivity index (χ4v) is 0.300. The third-order valence-corrected chi connectivity index (χ3v) is 0.771. The summed E-state index contributed by atoms with van der Waals surface area (Å²) >= 11 is -0.931. The van der Waals surface area contributed by atoms with Crippen molar-refractivity contribution in [2.24, 2.45) is 0 Å². The van der Waals surface area contributed by atoms with Crippen molar-refractivity contribution in [2.45, 2.75) is 0 Å². The molecule has 0 fully saturated rings. The van der Waals surface area contributed by atoms with Gasteiger partial charge in [-0.05, 0) is 0 Å². The Hall–Kier alpha value is 1.41. The van der Waals surface area contributed by atoms with Gasteiger partial charge in [-0.2, -0.15) is 0 Å². The SMILES string of the molecule is C[N+](C)(C)CCO.[Cl-].[Cl][Zn][Cl]. The van der Waals surface area contributed by atoms with Crippen LogP contribution in [0.3, 0.4) is 0 Å². The predicted molar refractivity (Wildman–Crippen MR) is 41.7 cm³/mol. The molecular weight excluding hydrogens is 262 g/mol. The number of nitrogens with zero attached hydrogens (tertiary/aromatic N) is 1. The van der Waals surface area contributed by atoms with Gasteiger partial charge in [-0.25, -0.2) is 0 Å². The van der Waals surface area contributed by atoms with Crippen molar-refractivity contribution in [3.63, 3.8) is 0 Å². The van der Waals surface area contributed by atoms with E-state index in [2.05, 4.69) is 21.1 Å². The summed E-state index contributed by atoms with van der Waals surface area (Å²) in [7, 11) is 16.1. The zero-order chi connectivity index (χ0) is 8.62. The van der Waals surface area contributed by atoms with Crippen LogP contribution in [0.1, 0.15) is 0 Å². The van der Waals surface area contributed by atoms with Gasteiger partial charge in [0.1, 0.15) is 6.54 Å². The first-order valence-electron chi connectivity index (χ1n) is 3.01. The second kappa shape index (κ2) is 11.4. The van der Waals surface area contributed by atoms with Crippen molar-refractivity contribution in [3.05, 3.63) is 0 Å². The molecule has 0 spiro atoms. The summed E-state index contributed by atoms with van der Waals surface area (Å²) in [5, 5.41) is 8.39. The summed E-state index contributed by atoms with van der Waals surface area (Å²) in [6.07, 6.45) is 0. The molecule has 0 aliphatic heterocycles. The van der Waals surface area contributed by atoms with E-state index < -0.39 is 15.1 Å². The Morgan fingerprint density at radius 3 is 1.55 bits per heavy atom. The molecule has 11 heavy (non-hydrogen) atoms. The van der Waals surface area contributed by atoms with E-state index in [9.17, 15) is 0 Å². The molecule has 0 aromatic carbocycles. The van der Waals surface area contributed by atoms with Gasteiger partial charge < -0.3 is 22.0 Å². The Kier molecular flexibility index (Phi) is 18.9. The second-order valence-corrected chi connectivity index (χ2v) is 7.46. The van der Waals surface area contributed by atoms with Crippen LogP contribution in [0.5, 0.6) is 0 Å². The normalized spacial score (nSPS) is 8.55. The van der Waals surface area contributed by atoms with Crippen LogP contribution in [0.2, 0.25) is 0 Å². The molecule has 1 N–H and O–H groups in total. The average molecular weight is 276 g/mol. The van der Waals surface area contributed by atoms with Crippen LogP contribution in [0.4, 0.5) is 0 Å². The first-order valence-corrected chi connectivity index (χ1v) is 10.8. The monoisotopic (exact) mass is 273 g/mol. The first-order chi connectivity index (χ1) is 4.47. The van der Waals surface area contributed by atoms with Gasteiger partial charge in [0.25, 0.3) is 0 Å². The summed E-state index contributed by atoms with van der Waals surface area (Å²) in [6, 6.07) is 0. The van der Waals surface area contributed by atoms with Crippen LogP contribution in [-0.2, 0) is 15.1 Å². The third-order valence-electron chi connectivity index (χ3n) is 0.771. The molecule has 2 nitrogen and oxygen atoms in total. The molecule has 0 atom stereocenters. The minimum absolute atomic E-state index is 0. The van der Waals surface area contributed by atoms with Crippen LogP contribution in [-0.4, -0.2) is 43.9 Å². The molecule has 0 aliphatic carbocycles. The van der Waals surface area contributed by atoms with Crippen molar-refractivity contribution in [2.75, 3.05) is 34.3 Å². The number of rotatable bonds is 2. The van der Waals surface area contributed by atoms with Crippen molar-refractivity contribution >= 4 is 19.4 Å². The van der Waals surface area contributed by atoms with Gasteiger partial charge in [-0.3, -0.25) is 0 Å². The number of aliphatic hydroxyl groups is 1. The quantitative estimate of drug-likeness (QED) is 0.460. The van der Waals surface area contributed by atoms with E-state index in [0.29, 0.717) is 0 Å². The Morgan fingerprint density at radius 1 is 1.27 bits per heavy atom. The van der Waals surface area contributed by atoms with Crippen molar-refractivity contribution in [3.8, 4) is 0 Å². The number of quaternary nitrogens is 1. The summed E-state index contributed by atoms with van der Waals surface area (Å²) in [6.45, 7) is 1.11. The van der Waals surface area contributed by atoms with E-state index >= 15 is 0 Å². The topological polar surface area (TPSA) is 20.2 Å². The van der Waals surface area contributed by atoms with Gasteiger partial charge in [-0.15, -0.1) is 0 Å². The summed E-state index contributed by atoms with van der Waals surface area (Å²) < 4.78 is 0.844. The Labute approximate surface area is 90.5 Å². The molecule has 6 heteroatoms. The molecule has 0 aromatic heterocycles. The summed E-state index contributed by atoms with van der Waals surface area (Å²) in [5.74, 6) is 0. The van der Waals surface area contributed by atoms with Crippen LogP contribution >= 0.6 is 19.4 Å². The number of hydrogen-bond acceptors (Lipinski definition) is 1. The van der Waals surface area contributed by atoms with Gasteiger partial charge in [0.05, 0.1) is 27.7 Å². The average Bonchev–Trinajstić information content (AvgIpc) is 1.63. The van der Waals surface area contributed by atoms with Crippen molar-refractivity contribution in [1.82, 2.24) is 0 Å². The van der Waals surface area contributed by atoms with E-state index in [4.69, 9.17) is 24.5 Å². The van der Waals surface area contributed by atoms with Crippen molar-refractivity contribution in [1.29, 1.82) is 0 Å². The van der Waals surface area contributed by atoms with Crippen LogP contribution in [0, 0.1) is 0 Å². The van der Waals surface area contributed by atoms with Gasteiger partial charge >= 0.3 is 34.5 Å². The Balaban J connectivity index is -0.000000140. The molecule has 0 bridgehead atoms. The fourth-order valence-electron chi connectivity index (χ4n) is 0.300. The van der Waals surface area contributed by atoms with Gasteiger partial charge in [-0.1, -0.05) is 0 Å². The van der Waals surface area contributed by atoms with Gasteiger partial charge in [0.2, 0.25) is 0 Å². The summed E-state index contributed by atoms with van der Waals surface area (Å²) in [5.41, 5.74) is 0. The molecule has 0 radical (unpaired) electrons. The maximum atomic E-state index is 8.39. The molecule has 0 heterocycles. The Morgan fingerprint density at radius 2 is 1.55 bits per heavy atom. The molecule has 0 rings (SSSR count). The van der Waals surface area contributed by atoms with Crippen molar-refractivity contribution < 1.29 is 37.1 Å². The molecule has 0 unspecified atom stereocenters. The minimum atomic E-state index is -0.931. The Bertz CT molecular complexity index is 69.2. The van der Waals surface area contributed by atoms with Crippen LogP contribution < -0.4 is 12.4 Å².